The number of unbranched alkanes of at least 4 members (excludes halogenated alkanes) is 2. The Morgan fingerprint density at radius 3 is 1.87 bits per heavy atom. The third kappa shape index (κ3) is 11.3. The molecule has 0 aliphatic rings. The molecule has 0 saturated heterocycles. The lowest BCUT2D eigenvalue weighted by Gasteiger charge is -2.22. The van der Waals surface area contributed by atoms with E-state index in [1.54, 1.807) is 26.2 Å². The molecule has 5 heteroatoms. The molecule has 0 spiro atoms. The van der Waals surface area contributed by atoms with Crippen molar-refractivity contribution in [2.75, 3.05) is 13.7 Å². The molecule has 0 amide bonds. The zero-order valence-corrected chi connectivity index (χ0v) is 21.2. The predicted octanol–water partition coefficient (Wildman–Crippen LogP) is 6.72. The largest absolute Gasteiger partial charge is 0.459 e. The van der Waals surface area contributed by atoms with Gasteiger partial charge in [0.2, 0.25) is 0 Å². The van der Waals surface area contributed by atoms with Crippen molar-refractivity contribution in [3.8, 4) is 0 Å². The van der Waals surface area contributed by atoms with Crippen molar-refractivity contribution >= 4 is 11.9 Å². The summed E-state index contributed by atoms with van der Waals surface area (Å²) in [6.07, 6.45) is 5.16. The zero-order chi connectivity index (χ0) is 24.0. The molecule has 0 aliphatic carbocycles. The third-order valence-corrected chi connectivity index (χ3v) is 4.75. The van der Waals surface area contributed by atoms with Gasteiger partial charge in [0.1, 0.15) is 6.10 Å². The molecular weight excluding hydrogens is 392 g/mol. The van der Waals surface area contributed by atoms with E-state index in [0.29, 0.717) is 0 Å². The highest BCUT2D eigenvalue weighted by Crippen LogP contribution is 2.26. The van der Waals surface area contributed by atoms with Gasteiger partial charge in [0, 0.05) is 7.11 Å². The number of methoxy groups -OCH3 is 1. The van der Waals surface area contributed by atoms with E-state index in [0.717, 1.165) is 18.4 Å². The Kier molecular flexibility index (Phi) is 14.1. The molecule has 2 atom stereocenters. The minimum absolute atomic E-state index is 0.162. The average Bonchev–Trinajstić information content (AvgIpc) is 2.68. The van der Waals surface area contributed by atoms with Gasteiger partial charge in [-0.25, -0.2) is 9.59 Å². The number of esters is 2. The van der Waals surface area contributed by atoms with Gasteiger partial charge in [-0.3, -0.25) is 0 Å². The molecule has 5 nitrogen and oxygen atoms in total. The van der Waals surface area contributed by atoms with E-state index in [2.05, 4.69) is 13.8 Å². The first kappa shape index (κ1) is 29.1. The van der Waals surface area contributed by atoms with Crippen LogP contribution in [0.3, 0.4) is 0 Å². The van der Waals surface area contributed by atoms with Gasteiger partial charge in [0.05, 0.1) is 23.8 Å². The Bertz CT molecular complexity index is 658. The van der Waals surface area contributed by atoms with Gasteiger partial charge in [-0.1, -0.05) is 73.3 Å². The van der Waals surface area contributed by atoms with Gasteiger partial charge in [-0.05, 0) is 43.4 Å². The minimum Gasteiger partial charge on any atom is -0.459 e. The van der Waals surface area contributed by atoms with E-state index in [4.69, 9.17) is 14.2 Å². The van der Waals surface area contributed by atoms with Gasteiger partial charge in [0.15, 0.2) is 0 Å². The van der Waals surface area contributed by atoms with Crippen molar-refractivity contribution in [1.29, 1.82) is 0 Å². The van der Waals surface area contributed by atoms with E-state index < -0.39 is 18.0 Å². The Hall–Kier alpha value is -1.88. The van der Waals surface area contributed by atoms with Crippen LogP contribution in [0.15, 0.2) is 18.2 Å². The standard InChI is InChI=1S/C21H32O5.C5H12/c1-8-9-14(2)25-19(22)17-11-10-16(21(4,5)6)12-18(17)20(23)26-15(3)13-24-7;1-3-5-4-2/h10-12,14-15H,8-9,13H2,1-7H3;3-5H2,1-2H3. The maximum absolute atomic E-state index is 12.7. The monoisotopic (exact) mass is 436 g/mol. The lowest BCUT2D eigenvalue weighted by molar-refractivity contribution is 0.0110. The van der Waals surface area contributed by atoms with E-state index >= 15 is 0 Å². The Morgan fingerprint density at radius 2 is 1.42 bits per heavy atom. The molecule has 0 saturated carbocycles. The number of benzene rings is 1. The number of carbonyl (C=O) groups excluding carboxylic acids is 2. The summed E-state index contributed by atoms with van der Waals surface area (Å²) in [4.78, 5) is 25.2. The van der Waals surface area contributed by atoms with Crippen LogP contribution < -0.4 is 0 Å². The van der Waals surface area contributed by atoms with Crippen LogP contribution in [-0.4, -0.2) is 37.9 Å². The van der Waals surface area contributed by atoms with Gasteiger partial charge in [-0.2, -0.15) is 0 Å². The van der Waals surface area contributed by atoms with Crippen LogP contribution in [0.4, 0.5) is 0 Å². The second-order valence-corrected chi connectivity index (χ2v) is 9.04. The Labute approximate surface area is 189 Å². The van der Waals surface area contributed by atoms with Crippen LogP contribution in [0.25, 0.3) is 0 Å². The Morgan fingerprint density at radius 1 is 0.871 bits per heavy atom. The molecule has 0 fully saturated rings. The number of hydrogen-bond acceptors (Lipinski definition) is 5. The summed E-state index contributed by atoms with van der Waals surface area (Å²) in [6, 6.07) is 5.23. The quantitative estimate of drug-likeness (QED) is 0.381. The molecule has 2 unspecified atom stereocenters. The van der Waals surface area contributed by atoms with Gasteiger partial charge in [-0.15, -0.1) is 0 Å². The van der Waals surface area contributed by atoms with Crippen molar-refractivity contribution < 1.29 is 23.8 Å². The summed E-state index contributed by atoms with van der Waals surface area (Å²) >= 11 is 0. The molecule has 0 heterocycles. The van der Waals surface area contributed by atoms with Gasteiger partial charge >= 0.3 is 11.9 Å². The molecule has 31 heavy (non-hydrogen) atoms. The highest BCUT2D eigenvalue weighted by molar-refractivity contribution is 6.03. The molecule has 0 radical (unpaired) electrons. The summed E-state index contributed by atoms with van der Waals surface area (Å²) in [5.41, 5.74) is 1.25. The van der Waals surface area contributed by atoms with E-state index in [9.17, 15) is 9.59 Å². The van der Waals surface area contributed by atoms with Crippen LogP contribution >= 0.6 is 0 Å². The normalized spacial score (nSPS) is 12.9. The molecule has 0 N–H and O–H groups in total. The number of hydrogen-bond donors (Lipinski definition) is 0. The van der Waals surface area contributed by atoms with Crippen molar-refractivity contribution in [3.05, 3.63) is 34.9 Å². The summed E-state index contributed by atoms with van der Waals surface area (Å²) < 4.78 is 15.9. The smallest absolute Gasteiger partial charge is 0.339 e. The first-order valence-electron chi connectivity index (χ1n) is 11.6. The lowest BCUT2D eigenvalue weighted by atomic mass is 9.85. The van der Waals surface area contributed by atoms with Gasteiger partial charge < -0.3 is 14.2 Å². The topological polar surface area (TPSA) is 61.8 Å². The third-order valence-electron chi connectivity index (χ3n) is 4.75. The van der Waals surface area contributed by atoms with Crippen molar-refractivity contribution in [1.82, 2.24) is 0 Å². The maximum Gasteiger partial charge on any atom is 0.339 e. The fourth-order valence-electron chi connectivity index (χ4n) is 2.94. The van der Waals surface area contributed by atoms with Crippen molar-refractivity contribution in [2.24, 2.45) is 0 Å². The molecule has 0 bridgehead atoms. The van der Waals surface area contributed by atoms with E-state index in [-0.39, 0.29) is 29.3 Å². The van der Waals surface area contributed by atoms with Crippen molar-refractivity contribution in [2.45, 2.75) is 105 Å². The Balaban J connectivity index is 0.00000161. The molecule has 1 aromatic rings. The maximum atomic E-state index is 12.7. The molecule has 1 aromatic carbocycles. The number of rotatable bonds is 10. The first-order chi connectivity index (χ1) is 14.5. The zero-order valence-electron chi connectivity index (χ0n) is 21.2. The first-order valence-corrected chi connectivity index (χ1v) is 11.6. The van der Waals surface area contributed by atoms with Crippen LogP contribution in [0.1, 0.15) is 114 Å². The average molecular weight is 437 g/mol. The number of carbonyl (C=O) groups is 2. The van der Waals surface area contributed by atoms with E-state index in [1.165, 1.54) is 19.3 Å². The highest BCUT2D eigenvalue weighted by atomic mass is 16.6. The van der Waals surface area contributed by atoms with Crippen LogP contribution in [0.2, 0.25) is 0 Å². The van der Waals surface area contributed by atoms with Gasteiger partial charge in [0.25, 0.3) is 0 Å². The minimum atomic E-state index is -0.546. The van der Waals surface area contributed by atoms with Crippen LogP contribution in [0.5, 0.6) is 0 Å². The van der Waals surface area contributed by atoms with E-state index in [1.807, 2.05) is 40.7 Å². The molecule has 178 valence electrons. The number of ether oxygens (including phenoxy) is 3. The van der Waals surface area contributed by atoms with Crippen molar-refractivity contribution in [3.63, 3.8) is 0 Å². The SMILES string of the molecule is CCCC(C)OC(=O)c1ccc(C(C)(C)C)cc1C(=O)OC(C)COC.CCCCC. The highest BCUT2D eigenvalue weighted by Gasteiger charge is 2.25. The molecule has 1 rings (SSSR count). The summed E-state index contributed by atoms with van der Waals surface area (Å²) in [6.45, 7) is 16.5. The summed E-state index contributed by atoms with van der Waals surface area (Å²) in [5, 5.41) is 0. The second kappa shape index (κ2) is 15.0. The summed E-state index contributed by atoms with van der Waals surface area (Å²) in [7, 11) is 1.54. The fraction of sp³-hybridized carbons (Fsp3) is 0.692. The molecule has 0 aliphatic heterocycles. The fourth-order valence-corrected chi connectivity index (χ4v) is 2.94. The summed E-state index contributed by atoms with van der Waals surface area (Å²) in [5.74, 6) is -1.05. The molecule has 0 aromatic heterocycles. The van der Waals surface area contributed by atoms with Crippen LogP contribution in [0, 0.1) is 0 Å². The second-order valence-electron chi connectivity index (χ2n) is 9.04. The predicted molar refractivity (Wildman–Crippen MR) is 127 cm³/mol. The molecular formula is C26H44O5. The lowest BCUT2D eigenvalue weighted by Crippen LogP contribution is -2.24. The van der Waals surface area contributed by atoms with Crippen LogP contribution in [-0.2, 0) is 19.6 Å².